The van der Waals surface area contributed by atoms with Gasteiger partial charge in [-0.1, -0.05) is 24.3 Å². The fourth-order valence-corrected chi connectivity index (χ4v) is 2.49. The SMILES string of the molecule is O=C(/C=C/c1coc2ccccc2c1=O)Nc1ccccc1Br. The van der Waals surface area contributed by atoms with Crippen LogP contribution in [0.15, 0.2) is 74.6 Å². The van der Waals surface area contributed by atoms with Crippen LogP contribution in [0.1, 0.15) is 5.56 Å². The molecule has 0 fully saturated rings. The van der Waals surface area contributed by atoms with Crippen molar-refractivity contribution in [2.75, 3.05) is 5.32 Å². The summed E-state index contributed by atoms with van der Waals surface area (Å²) >= 11 is 3.36. The van der Waals surface area contributed by atoms with E-state index in [9.17, 15) is 9.59 Å². The summed E-state index contributed by atoms with van der Waals surface area (Å²) in [7, 11) is 0. The van der Waals surface area contributed by atoms with Crippen molar-refractivity contribution >= 4 is 44.6 Å². The zero-order valence-corrected chi connectivity index (χ0v) is 13.5. The lowest BCUT2D eigenvalue weighted by Gasteiger charge is -2.04. The summed E-state index contributed by atoms with van der Waals surface area (Å²) in [5, 5.41) is 3.22. The molecule has 0 aliphatic carbocycles. The Morgan fingerprint density at radius 1 is 1.09 bits per heavy atom. The fraction of sp³-hybridized carbons (Fsp3) is 0. The van der Waals surface area contributed by atoms with E-state index in [0.29, 0.717) is 22.2 Å². The van der Waals surface area contributed by atoms with E-state index in [-0.39, 0.29) is 11.3 Å². The van der Waals surface area contributed by atoms with Crippen molar-refractivity contribution in [3.8, 4) is 0 Å². The number of fused-ring (bicyclic) bond motifs is 1. The number of carbonyl (C=O) groups is 1. The first-order valence-corrected chi connectivity index (χ1v) is 7.68. The molecule has 3 aromatic rings. The van der Waals surface area contributed by atoms with E-state index >= 15 is 0 Å². The molecular formula is C18H12BrNO3. The zero-order valence-electron chi connectivity index (χ0n) is 12.0. The van der Waals surface area contributed by atoms with Gasteiger partial charge in [-0.15, -0.1) is 0 Å². The van der Waals surface area contributed by atoms with Crippen molar-refractivity contribution in [2.24, 2.45) is 0 Å². The lowest BCUT2D eigenvalue weighted by molar-refractivity contribution is -0.111. The van der Waals surface area contributed by atoms with Crippen LogP contribution in [-0.2, 0) is 4.79 Å². The van der Waals surface area contributed by atoms with E-state index < -0.39 is 0 Å². The number of carbonyl (C=O) groups excluding carboxylic acids is 1. The molecule has 1 heterocycles. The van der Waals surface area contributed by atoms with Crippen molar-refractivity contribution in [3.63, 3.8) is 0 Å². The van der Waals surface area contributed by atoms with E-state index in [1.807, 2.05) is 18.2 Å². The molecule has 0 saturated heterocycles. The maximum Gasteiger partial charge on any atom is 0.248 e. The molecule has 3 rings (SSSR count). The molecule has 0 atom stereocenters. The zero-order chi connectivity index (χ0) is 16.2. The first kappa shape index (κ1) is 15.2. The molecule has 0 spiro atoms. The molecule has 23 heavy (non-hydrogen) atoms. The van der Waals surface area contributed by atoms with Crippen LogP contribution in [-0.4, -0.2) is 5.91 Å². The van der Waals surface area contributed by atoms with Crippen LogP contribution in [0.25, 0.3) is 17.0 Å². The Morgan fingerprint density at radius 3 is 2.65 bits per heavy atom. The minimum Gasteiger partial charge on any atom is -0.463 e. The van der Waals surface area contributed by atoms with Gasteiger partial charge < -0.3 is 9.73 Å². The summed E-state index contributed by atoms with van der Waals surface area (Å²) in [6, 6.07) is 14.3. The number of nitrogens with one attached hydrogen (secondary N) is 1. The Bertz CT molecular complexity index is 960. The van der Waals surface area contributed by atoms with Gasteiger partial charge in [-0.05, 0) is 46.3 Å². The standard InChI is InChI=1S/C18H12BrNO3/c19-14-6-2-3-7-15(14)20-17(21)10-9-12-11-23-16-8-4-1-5-13(16)18(12)22/h1-11H,(H,20,21)/b10-9+. The number of benzene rings is 2. The summed E-state index contributed by atoms with van der Waals surface area (Å²) in [4.78, 5) is 24.3. The third kappa shape index (κ3) is 3.40. The van der Waals surface area contributed by atoms with Gasteiger partial charge in [0.1, 0.15) is 11.8 Å². The number of hydrogen-bond acceptors (Lipinski definition) is 3. The van der Waals surface area contributed by atoms with E-state index in [2.05, 4.69) is 21.2 Å². The average Bonchev–Trinajstić information content (AvgIpc) is 2.57. The predicted octanol–water partition coefficient (Wildman–Crippen LogP) is 4.21. The molecule has 5 heteroatoms. The highest BCUT2D eigenvalue weighted by Crippen LogP contribution is 2.21. The molecule has 4 nitrogen and oxygen atoms in total. The minimum absolute atomic E-state index is 0.170. The summed E-state index contributed by atoms with van der Waals surface area (Å²) in [6.07, 6.45) is 4.11. The monoisotopic (exact) mass is 369 g/mol. The van der Waals surface area contributed by atoms with Gasteiger partial charge in [-0.3, -0.25) is 9.59 Å². The summed E-state index contributed by atoms with van der Waals surface area (Å²) in [5.74, 6) is -0.329. The highest BCUT2D eigenvalue weighted by molar-refractivity contribution is 9.10. The predicted molar refractivity (Wildman–Crippen MR) is 94.3 cm³/mol. The maximum atomic E-state index is 12.3. The summed E-state index contributed by atoms with van der Waals surface area (Å²) in [5.41, 5.74) is 1.34. The Kier molecular flexibility index (Phi) is 4.39. The second kappa shape index (κ2) is 6.62. The van der Waals surface area contributed by atoms with Gasteiger partial charge in [0.2, 0.25) is 5.91 Å². The smallest absolute Gasteiger partial charge is 0.248 e. The second-order valence-corrected chi connectivity index (χ2v) is 5.67. The molecular weight excluding hydrogens is 358 g/mol. The van der Waals surface area contributed by atoms with Crippen LogP contribution in [0.4, 0.5) is 5.69 Å². The van der Waals surface area contributed by atoms with E-state index in [4.69, 9.17) is 4.42 Å². The fourth-order valence-electron chi connectivity index (χ4n) is 2.11. The molecule has 1 amide bonds. The first-order valence-electron chi connectivity index (χ1n) is 6.89. The van der Waals surface area contributed by atoms with Gasteiger partial charge in [0.15, 0.2) is 5.43 Å². The number of halogens is 1. The number of anilines is 1. The Balaban J connectivity index is 1.83. The van der Waals surface area contributed by atoms with Gasteiger partial charge in [-0.2, -0.15) is 0 Å². The first-order chi connectivity index (χ1) is 11.1. The van der Waals surface area contributed by atoms with Crippen molar-refractivity contribution in [1.29, 1.82) is 0 Å². The molecule has 0 aliphatic heterocycles. The largest absolute Gasteiger partial charge is 0.463 e. The van der Waals surface area contributed by atoms with Crippen molar-refractivity contribution in [2.45, 2.75) is 0 Å². The molecule has 0 aliphatic rings. The quantitative estimate of drug-likeness (QED) is 0.703. The lowest BCUT2D eigenvalue weighted by Crippen LogP contribution is -2.09. The third-order valence-corrected chi connectivity index (χ3v) is 3.94. The Labute approximate surface area is 140 Å². The van der Waals surface area contributed by atoms with Gasteiger partial charge in [-0.25, -0.2) is 0 Å². The van der Waals surface area contributed by atoms with Crippen LogP contribution in [0.3, 0.4) is 0 Å². The molecule has 2 aromatic carbocycles. The average molecular weight is 370 g/mol. The maximum absolute atomic E-state index is 12.3. The van der Waals surface area contributed by atoms with Gasteiger partial charge in [0.05, 0.1) is 16.6 Å². The lowest BCUT2D eigenvalue weighted by atomic mass is 10.1. The van der Waals surface area contributed by atoms with Gasteiger partial charge in [0.25, 0.3) is 0 Å². The highest BCUT2D eigenvalue weighted by Gasteiger charge is 2.05. The molecule has 1 aromatic heterocycles. The number of para-hydroxylation sites is 2. The minimum atomic E-state index is -0.329. The molecule has 0 saturated carbocycles. The second-order valence-electron chi connectivity index (χ2n) is 4.82. The van der Waals surface area contributed by atoms with Crippen LogP contribution in [0, 0.1) is 0 Å². The normalized spacial score (nSPS) is 11.0. The third-order valence-electron chi connectivity index (χ3n) is 3.25. The number of amides is 1. The van der Waals surface area contributed by atoms with Crippen molar-refractivity contribution in [1.82, 2.24) is 0 Å². The molecule has 114 valence electrons. The van der Waals surface area contributed by atoms with E-state index in [1.54, 1.807) is 30.3 Å². The van der Waals surface area contributed by atoms with E-state index in [1.165, 1.54) is 18.4 Å². The number of hydrogen-bond donors (Lipinski definition) is 1. The van der Waals surface area contributed by atoms with Gasteiger partial charge in [0, 0.05) is 10.5 Å². The Morgan fingerprint density at radius 2 is 1.83 bits per heavy atom. The Hall–Kier alpha value is -2.66. The topological polar surface area (TPSA) is 59.3 Å². The van der Waals surface area contributed by atoms with Gasteiger partial charge >= 0.3 is 0 Å². The van der Waals surface area contributed by atoms with Crippen molar-refractivity contribution in [3.05, 3.63) is 81.1 Å². The van der Waals surface area contributed by atoms with Crippen LogP contribution < -0.4 is 10.7 Å². The molecule has 0 radical (unpaired) electrons. The highest BCUT2D eigenvalue weighted by atomic mass is 79.9. The summed E-state index contributed by atoms with van der Waals surface area (Å²) < 4.78 is 6.19. The van der Waals surface area contributed by atoms with Crippen LogP contribution in [0.2, 0.25) is 0 Å². The summed E-state index contributed by atoms with van der Waals surface area (Å²) in [6.45, 7) is 0. The van der Waals surface area contributed by atoms with Crippen molar-refractivity contribution < 1.29 is 9.21 Å². The van der Waals surface area contributed by atoms with E-state index in [0.717, 1.165) is 4.47 Å². The molecule has 0 unspecified atom stereocenters. The molecule has 1 N–H and O–H groups in total. The van der Waals surface area contributed by atoms with Crippen LogP contribution >= 0.6 is 15.9 Å². The van der Waals surface area contributed by atoms with Crippen LogP contribution in [0.5, 0.6) is 0 Å². The molecule has 0 bridgehead atoms. The number of rotatable bonds is 3.